The van der Waals surface area contributed by atoms with Gasteiger partial charge in [0.2, 0.25) is 0 Å². The van der Waals surface area contributed by atoms with Crippen LogP contribution in [0.3, 0.4) is 0 Å². The van der Waals surface area contributed by atoms with Crippen molar-refractivity contribution in [1.29, 1.82) is 0 Å². The minimum absolute atomic E-state index is 0.155. The third kappa shape index (κ3) is 17.0. The van der Waals surface area contributed by atoms with E-state index in [4.69, 9.17) is 0 Å². The molecule has 0 fully saturated rings. The molecule has 18 aromatic carbocycles. The van der Waals surface area contributed by atoms with Gasteiger partial charge in [-0.05, 0) is 327 Å². The molecule has 0 N–H and O–H groups in total. The summed E-state index contributed by atoms with van der Waals surface area (Å²) < 4.78 is 0. The zero-order valence-corrected chi connectivity index (χ0v) is 69.1. The Morgan fingerprint density at radius 1 is 0.124 bits per heavy atom. The van der Waals surface area contributed by atoms with Gasteiger partial charge in [-0.2, -0.15) is 0 Å². The standard InChI is InChI=1S/C115H94N6/c1-82-31-55-100(56-32-82)116(103-61-37-88(38-62-103)91-43-67-109(68-44-91)119(97-22-10-7-11-23-97)112-28-16-19-85(4)79-112)106-73-49-94(50-74-106)115(95-51-75-107(76-52-95)117(101-57-33-83(2)34-58-101)104-63-39-89(40-64-104)92-45-69-110(70-46-92)120(98-24-12-8-13-25-98)113-29-17-20-86(5)80-113)96-53-77-108(78-54-96)118(102-59-35-84(3)36-60-102)105-65-41-90(42-66-105)93-47-71-111(72-48-93)121(99-26-14-9-15-27-99)114-30-18-21-87(6)81-114/h7-81,115H,1-6H3. The third-order valence-electron chi connectivity index (χ3n) is 22.9. The molecular formula is C115H94N6. The van der Waals surface area contributed by atoms with Crippen LogP contribution in [0.5, 0.6) is 0 Å². The number of hydrogen-bond donors (Lipinski definition) is 0. The van der Waals surface area contributed by atoms with Crippen molar-refractivity contribution in [2.24, 2.45) is 0 Å². The first-order valence-electron chi connectivity index (χ1n) is 41.7. The van der Waals surface area contributed by atoms with Crippen molar-refractivity contribution in [3.05, 3.63) is 505 Å². The highest BCUT2D eigenvalue weighted by atomic mass is 15.2. The molecule has 18 aromatic rings. The number of anilines is 18. The van der Waals surface area contributed by atoms with Crippen LogP contribution in [0.2, 0.25) is 0 Å². The van der Waals surface area contributed by atoms with Crippen molar-refractivity contribution in [2.45, 2.75) is 47.5 Å². The first kappa shape index (κ1) is 77.0. The van der Waals surface area contributed by atoms with E-state index in [0.717, 1.165) is 136 Å². The van der Waals surface area contributed by atoms with Crippen molar-refractivity contribution < 1.29 is 0 Å². The predicted molar refractivity (Wildman–Crippen MR) is 513 cm³/mol. The number of nitrogens with zero attached hydrogens (tertiary/aromatic N) is 6. The van der Waals surface area contributed by atoms with Gasteiger partial charge in [-0.3, -0.25) is 0 Å². The number of rotatable bonds is 24. The topological polar surface area (TPSA) is 19.4 Å². The monoisotopic (exact) mass is 1560 g/mol. The van der Waals surface area contributed by atoms with Gasteiger partial charge in [-0.1, -0.05) is 253 Å². The Hall–Kier alpha value is -15.2. The first-order chi connectivity index (χ1) is 59.4. The first-order valence-corrected chi connectivity index (χ1v) is 41.7. The molecule has 0 spiro atoms. The Kier molecular flexibility index (Phi) is 22.2. The average Bonchev–Trinajstić information content (AvgIpc) is 0.773. The molecule has 584 valence electrons. The summed E-state index contributed by atoms with van der Waals surface area (Å²) >= 11 is 0. The van der Waals surface area contributed by atoms with Crippen LogP contribution in [0.25, 0.3) is 33.4 Å². The average molecular weight is 1560 g/mol. The molecule has 0 heterocycles. The van der Waals surface area contributed by atoms with Gasteiger partial charge in [0, 0.05) is 108 Å². The summed E-state index contributed by atoms with van der Waals surface area (Å²) in [5.74, 6) is -0.155. The molecule has 0 saturated carbocycles. The maximum absolute atomic E-state index is 2.37. The van der Waals surface area contributed by atoms with Gasteiger partial charge < -0.3 is 29.4 Å². The fraction of sp³-hybridized carbons (Fsp3) is 0.0609. The Labute approximate surface area is 713 Å². The highest BCUT2D eigenvalue weighted by molar-refractivity contribution is 5.87. The fourth-order valence-electron chi connectivity index (χ4n) is 16.6. The smallest absolute Gasteiger partial charge is 0.0464 e. The van der Waals surface area contributed by atoms with E-state index in [2.05, 4.69) is 526 Å². The second kappa shape index (κ2) is 34.9. The number of hydrogen-bond acceptors (Lipinski definition) is 6. The summed E-state index contributed by atoms with van der Waals surface area (Å²) in [7, 11) is 0. The van der Waals surface area contributed by atoms with E-state index in [9.17, 15) is 0 Å². The summed E-state index contributed by atoms with van der Waals surface area (Å²) in [6, 6.07) is 166. The molecule has 121 heavy (non-hydrogen) atoms. The molecule has 6 nitrogen and oxygen atoms in total. The molecule has 0 unspecified atom stereocenters. The second-order valence-corrected chi connectivity index (χ2v) is 31.5. The Balaban J connectivity index is 0.682. The van der Waals surface area contributed by atoms with Gasteiger partial charge in [0.05, 0.1) is 0 Å². The number of aryl methyl sites for hydroxylation is 6. The lowest BCUT2D eigenvalue weighted by Crippen LogP contribution is -2.12. The maximum Gasteiger partial charge on any atom is 0.0464 e. The van der Waals surface area contributed by atoms with Crippen LogP contribution < -0.4 is 29.4 Å². The van der Waals surface area contributed by atoms with Gasteiger partial charge >= 0.3 is 0 Å². The van der Waals surface area contributed by atoms with Gasteiger partial charge in [0.1, 0.15) is 0 Å². The lowest BCUT2D eigenvalue weighted by atomic mass is 9.84. The third-order valence-corrected chi connectivity index (χ3v) is 22.9. The van der Waals surface area contributed by atoms with E-state index in [1.165, 1.54) is 50.1 Å². The molecule has 0 aromatic heterocycles. The quantitative estimate of drug-likeness (QED) is 0.0558. The van der Waals surface area contributed by atoms with Crippen molar-refractivity contribution in [2.75, 3.05) is 29.4 Å². The molecule has 0 aliphatic rings. The molecule has 18 rings (SSSR count). The Bertz CT molecular complexity index is 5850. The molecule has 0 bridgehead atoms. The van der Waals surface area contributed by atoms with Crippen LogP contribution in [0, 0.1) is 41.5 Å². The molecule has 0 aliphatic heterocycles. The predicted octanol–water partition coefficient (Wildman–Crippen LogP) is 32.5. The summed E-state index contributed by atoms with van der Waals surface area (Å²) in [5.41, 5.74) is 37.2. The lowest BCUT2D eigenvalue weighted by Gasteiger charge is -2.28. The van der Waals surface area contributed by atoms with Crippen LogP contribution in [0.1, 0.15) is 56.0 Å². The normalized spacial score (nSPS) is 11.1. The largest absolute Gasteiger partial charge is 0.311 e. The summed E-state index contributed by atoms with van der Waals surface area (Å²) in [6.07, 6.45) is 0. The number of para-hydroxylation sites is 3. The van der Waals surface area contributed by atoms with Crippen molar-refractivity contribution >= 4 is 102 Å². The molecule has 6 heteroatoms. The Morgan fingerprint density at radius 2 is 0.273 bits per heavy atom. The Morgan fingerprint density at radius 3 is 0.455 bits per heavy atom. The minimum Gasteiger partial charge on any atom is -0.311 e. The highest BCUT2D eigenvalue weighted by Crippen LogP contribution is 2.46. The molecule has 0 saturated heterocycles. The minimum atomic E-state index is -0.155. The van der Waals surface area contributed by atoms with Gasteiger partial charge in [0.25, 0.3) is 0 Å². The zero-order chi connectivity index (χ0) is 82.1. The number of benzene rings is 18. The van der Waals surface area contributed by atoms with E-state index in [0.29, 0.717) is 0 Å². The van der Waals surface area contributed by atoms with Crippen LogP contribution in [-0.2, 0) is 0 Å². The fourth-order valence-corrected chi connectivity index (χ4v) is 16.6. The van der Waals surface area contributed by atoms with Gasteiger partial charge in [0.15, 0.2) is 0 Å². The maximum atomic E-state index is 2.37. The van der Waals surface area contributed by atoms with Crippen LogP contribution in [0.4, 0.5) is 102 Å². The summed E-state index contributed by atoms with van der Waals surface area (Å²) in [5, 5.41) is 0. The van der Waals surface area contributed by atoms with Crippen LogP contribution >= 0.6 is 0 Å². The van der Waals surface area contributed by atoms with Gasteiger partial charge in [-0.15, -0.1) is 0 Å². The summed E-state index contributed by atoms with van der Waals surface area (Å²) in [4.78, 5) is 14.1. The van der Waals surface area contributed by atoms with E-state index < -0.39 is 0 Å². The van der Waals surface area contributed by atoms with Crippen molar-refractivity contribution in [3.8, 4) is 33.4 Å². The highest BCUT2D eigenvalue weighted by Gasteiger charge is 2.25. The van der Waals surface area contributed by atoms with E-state index >= 15 is 0 Å². The van der Waals surface area contributed by atoms with Crippen LogP contribution in [0.15, 0.2) is 455 Å². The van der Waals surface area contributed by atoms with Gasteiger partial charge in [-0.25, -0.2) is 0 Å². The van der Waals surface area contributed by atoms with Crippen molar-refractivity contribution in [1.82, 2.24) is 0 Å². The lowest BCUT2D eigenvalue weighted by molar-refractivity contribution is 0.976. The zero-order valence-electron chi connectivity index (χ0n) is 69.1. The molecule has 0 radical (unpaired) electrons. The van der Waals surface area contributed by atoms with Crippen molar-refractivity contribution in [3.63, 3.8) is 0 Å². The van der Waals surface area contributed by atoms with Crippen LogP contribution in [-0.4, -0.2) is 0 Å². The van der Waals surface area contributed by atoms with E-state index in [1.54, 1.807) is 0 Å². The van der Waals surface area contributed by atoms with E-state index in [1.807, 2.05) is 0 Å². The molecule has 0 amide bonds. The molecular weight excluding hydrogens is 1470 g/mol. The summed E-state index contributed by atoms with van der Waals surface area (Å²) in [6.45, 7) is 12.9. The van der Waals surface area contributed by atoms with E-state index in [-0.39, 0.29) is 5.92 Å². The molecule has 0 aliphatic carbocycles. The molecule has 0 atom stereocenters. The second-order valence-electron chi connectivity index (χ2n) is 31.5. The SMILES string of the molecule is Cc1ccc(N(c2ccc(-c3ccc(N(c4ccccc4)c4cccc(C)c4)cc3)cc2)c2ccc(C(c3ccc(N(c4ccc(C)cc4)c4ccc(-c5ccc(N(c6ccccc6)c6cccc(C)c6)cc5)cc4)cc3)c3ccc(N(c4ccc(C)cc4)c4ccc(-c5ccc(N(c6ccccc6)c6cccc(C)c6)cc5)cc4)cc3)cc2)cc1.